The van der Waals surface area contributed by atoms with Gasteiger partial charge in [0.25, 0.3) is 0 Å². The lowest BCUT2D eigenvalue weighted by atomic mass is 9.66. The number of piperidine rings is 1. The summed E-state index contributed by atoms with van der Waals surface area (Å²) in [6, 6.07) is 1.45. The van der Waals surface area contributed by atoms with Crippen LogP contribution in [0, 0.1) is 5.92 Å². The van der Waals surface area contributed by atoms with Crippen LogP contribution in [0.2, 0.25) is 0 Å². The topological polar surface area (TPSA) is 21.7 Å². The molecule has 0 aromatic carbocycles. The molecular weight excluding hydrogens is 298 g/mol. The molecule has 2 heterocycles. The van der Waals surface area contributed by atoms with Gasteiger partial charge >= 0.3 is 0 Å². The predicted molar refractivity (Wildman–Crippen MR) is 99.2 cm³/mol. The number of ether oxygens (including phenoxy) is 2. The Morgan fingerprint density at radius 1 is 0.958 bits per heavy atom. The molecule has 24 heavy (non-hydrogen) atoms. The minimum atomic E-state index is 0.446. The highest BCUT2D eigenvalue weighted by molar-refractivity contribution is 5.10. The van der Waals surface area contributed by atoms with Crippen molar-refractivity contribution in [1.29, 1.82) is 0 Å². The number of hydrogen-bond acceptors (Lipinski definition) is 3. The van der Waals surface area contributed by atoms with Crippen molar-refractivity contribution in [3.63, 3.8) is 0 Å². The molecule has 1 spiro atoms. The second-order valence-corrected chi connectivity index (χ2v) is 8.50. The zero-order valence-corrected chi connectivity index (χ0v) is 16.1. The van der Waals surface area contributed by atoms with E-state index in [1.54, 1.807) is 7.11 Å². The zero-order chi connectivity index (χ0) is 16.8. The molecule has 1 saturated carbocycles. The molecule has 0 unspecified atom stereocenters. The lowest BCUT2D eigenvalue weighted by Gasteiger charge is -2.56. The van der Waals surface area contributed by atoms with Crippen molar-refractivity contribution in [1.82, 2.24) is 4.90 Å². The lowest BCUT2D eigenvalue weighted by Crippen LogP contribution is -2.61. The largest absolute Gasteiger partial charge is 0.359 e. The zero-order valence-electron chi connectivity index (χ0n) is 16.1. The Hall–Kier alpha value is -0.120. The molecule has 0 aromatic heterocycles. The molecule has 3 heteroatoms. The van der Waals surface area contributed by atoms with Crippen LogP contribution in [-0.4, -0.2) is 43.0 Å². The number of hydrogen-bond donors (Lipinski definition) is 0. The average Bonchev–Trinajstić information content (AvgIpc) is 2.97. The van der Waals surface area contributed by atoms with E-state index in [2.05, 4.69) is 11.8 Å². The van der Waals surface area contributed by atoms with Gasteiger partial charge in [0.15, 0.2) is 0 Å². The van der Waals surface area contributed by atoms with E-state index < -0.39 is 0 Å². The third-order valence-corrected chi connectivity index (χ3v) is 7.13. The summed E-state index contributed by atoms with van der Waals surface area (Å²) >= 11 is 0. The Morgan fingerprint density at radius 2 is 1.88 bits per heavy atom. The molecule has 3 aliphatic rings. The molecular formula is C21H39NO2. The summed E-state index contributed by atoms with van der Waals surface area (Å²) in [5.74, 6) is 0.963. The second-order valence-electron chi connectivity index (χ2n) is 8.50. The lowest BCUT2D eigenvalue weighted by molar-refractivity contribution is -0.0963. The van der Waals surface area contributed by atoms with E-state index in [1.807, 2.05) is 0 Å². The van der Waals surface area contributed by atoms with Gasteiger partial charge in [-0.1, -0.05) is 45.4 Å². The van der Waals surface area contributed by atoms with Gasteiger partial charge in [0, 0.05) is 24.7 Å². The van der Waals surface area contributed by atoms with Crippen LogP contribution in [0.15, 0.2) is 0 Å². The van der Waals surface area contributed by atoms with Crippen molar-refractivity contribution < 1.29 is 9.47 Å². The van der Waals surface area contributed by atoms with Crippen molar-refractivity contribution >= 4 is 0 Å². The second kappa shape index (κ2) is 9.00. The normalized spacial score (nSPS) is 36.5. The van der Waals surface area contributed by atoms with Gasteiger partial charge in [-0.2, -0.15) is 0 Å². The number of methoxy groups -OCH3 is 1. The molecule has 0 N–H and O–H groups in total. The molecule has 3 rings (SSSR count). The summed E-state index contributed by atoms with van der Waals surface area (Å²) in [5.41, 5.74) is 0.535. The van der Waals surface area contributed by atoms with Crippen molar-refractivity contribution in [2.24, 2.45) is 5.92 Å². The van der Waals surface area contributed by atoms with Crippen LogP contribution in [0.4, 0.5) is 0 Å². The van der Waals surface area contributed by atoms with Gasteiger partial charge in [-0.25, -0.2) is 0 Å². The van der Waals surface area contributed by atoms with Crippen molar-refractivity contribution in [2.75, 3.05) is 20.5 Å². The van der Waals surface area contributed by atoms with Gasteiger partial charge in [0.05, 0.1) is 6.61 Å². The van der Waals surface area contributed by atoms with Crippen LogP contribution < -0.4 is 0 Å². The van der Waals surface area contributed by atoms with Crippen molar-refractivity contribution in [2.45, 2.75) is 108 Å². The number of nitrogens with zero attached hydrogens (tertiary/aromatic N) is 1. The number of rotatable bonds is 9. The SMILES string of the molecule is CCCCCC[C@@H]1CC[C@@H]2CCCC[C@]23CC[C@@H](COCOC)N13. The predicted octanol–water partition coefficient (Wildman–Crippen LogP) is 5.13. The van der Waals surface area contributed by atoms with Gasteiger partial charge in [-0.15, -0.1) is 0 Å². The minimum absolute atomic E-state index is 0.446. The quantitative estimate of drug-likeness (QED) is 0.430. The maximum atomic E-state index is 5.82. The van der Waals surface area contributed by atoms with E-state index in [9.17, 15) is 0 Å². The Labute approximate surface area is 149 Å². The highest BCUT2D eigenvalue weighted by Crippen LogP contribution is 2.54. The molecule has 3 fully saturated rings. The summed E-state index contributed by atoms with van der Waals surface area (Å²) < 4.78 is 10.9. The minimum Gasteiger partial charge on any atom is -0.359 e. The first-order valence-corrected chi connectivity index (χ1v) is 10.7. The molecule has 0 radical (unpaired) electrons. The van der Waals surface area contributed by atoms with E-state index >= 15 is 0 Å². The van der Waals surface area contributed by atoms with E-state index in [0.29, 0.717) is 18.4 Å². The summed E-state index contributed by atoms with van der Waals surface area (Å²) in [5, 5.41) is 0. The first-order valence-electron chi connectivity index (χ1n) is 10.7. The molecule has 2 saturated heterocycles. The van der Waals surface area contributed by atoms with Crippen LogP contribution in [-0.2, 0) is 9.47 Å². The first-order chi connectivity index (χ1) is 11.8. The van der Waals surface area contributed by atoms with Crippen LogP contribution >= 0.6 is 0 Å². The molecule has 2 aliphatic heterocycles. The fourth-order valence-corrected chi connectivity index (χ4v) is 6.14. The van der Waals surface area contributed by atoms with Crippen molar-refractivity contribution in [3.05, 3.63) is 0 Å². The summed E-state index contributed by atoms with van der Waals surface area (Å²) in [6.07, 6.45) is 18.5. The van der Waals surface area contributed by atoms with E-state index in [-0.39, 0.29) is 0 Å². The van der Waals surface area contributed by atoms with Gasteiger partial charge in [0.1, 0.15) is 6.79 Å². The van der Waals surface area contributed by atoms with Gasteiger partial charge in [-0.05, 0) is 50.9 Å². The van der Waals surface area contributed by atoms with E-state index in [0.717, 1.165) is 18.6 Å². The third kappa shape index (κ3) is 3.83. The molecule has 4 atom stereocenters. The summed E-state index contributed by atoms with van der Waals surface area (Å²) in [6.45, 7) is 3.63. The summed E-state index contributed by atoms with van der Waals surface area (Å²) in [7, 11) is 1.73. The van der Waals surface area contributed by atoms with Gasteiger partial charge in [-0.3, -0.25) is 4.90 Å². The highest BCUT2D eigenvalue weighted by Gasteiger charge is 2.55. The van der Waals surface area contributed by atoms with Crippen LogP contribution in [0.1, 0.15) is 90.4 Å². The monoisotopic (exact) mass is 337 g/mol. The fraction of sp³-hybridized carbons (Fsp3) is 1.00. The summed E-state index contributed by atoms with van der Waals surface area (Å²) in [4.78, 5) is 3.00. The molecule has 140 valence electrons. The van der Waals surface area contributed by atoms with Crippen LogP contribution in [0.25, 0.3) is 0 Å². The molecule has 1 aliphatic carbocycles. The highest BCUT2D eigenvalue weighted by atomic mass is 16.7. The van der Waals surface area contributed by atoms with Crippen LogP contribution in [0.5, 0.6) is 0 Å². The fourth-order valence-electron chi connectivity index (χ4n) is 6.14. The Bertz CT molecular complexity index is 375. The van der Waals surface area contributed by atoms with E-state index in [1.165, 1.54) is 83.5 Å². The maximum absolute atomic E-state index is 5.82. The smallest absolute Gasteiger partial charge is 0.146 e. The first kappa shape index (κ1) is 18.7. The van der Waals surface area contributed by atoms with Crippen molar-refractivity contribution in [3.8, 4) is 0 Å². The Morgan fingerprint density at radius 3 is 2.71 bits per heavy atom. The Kier molecular flexibility index (Phi) is 7.00. The van der Waals surface area contributed by atoms with Gasteiger partial charge < -0.3 is 9.47 Å². The van der Waals surface area contributed by atoms with E-state index in [4.69, 9.17) is 9.47 Å². The standard InChI is InChI=1S/C21H39NO2/c1-3-4-5-6-10-19-12-11-18-9-7-8-14-21(18)15-13-20(22(19)21)16-24-17-23-2/h18-20H,3-17H2,1-2H3/t18-,19+,20-,21-/m0/s1. The average molecular weight is 338 g/mol. The molecule has 0 amide bonds. The molecule has 3 nitrogen and oxygen atoms in total. The number of unbranched alkanes of at least 4 members (excludes halogenated alkanes) is 3. The third-order valence-electron chi connectivity index (χ3n) is 7.13. The molecule has 0 aromatic rings. The van der Waals surface area contributed by atoms with Gasteiger partial charge in [0.2, 0.25) is 0 Å². The molecule has 0 bridgehead atoms. The van der Waals surface area contributed by atoms with Crippen LogP contribution in [0.3, 0.4) is 0 Å². The Balaban J connectivity index is 1.67. The maximum Gasteiger partial charge on any atom is 0.146 e.